The number of morpholine rings is 1. The molecule has 178 valence electrons. The molecule has 2 aromatic heterocycles. The quantitative estimate of drug-likeness (QED) is 0.176. The van der Waals surface area contributed by atoms with Gasteiger partial charge < -0.3 is 25.6 Å². The first kappa shape index (κ1) is 24.1. The normalized spacial score (nSPS) is 13.4. The average molecular weight is 500 g/mol. The van der Waals surface area contributed by atoms with Crippen molar-refractivity contribution in [2.75, 3.05) is 61.2 Å². The number of rotatable bonds is 9. The molecule has 0 unspecified atom stereocenters. The Morgan fingerprint density at radius 1 is 1.12 bits per heavy atom. The third-order valence-corrected chi connectivity index (χ3v) is 5.97. The van der Waals surface area contributed by atoms with Gasteiger partial charge in [0.15, 0.2) is 5.16 Å². The van der Waals surface area contributed by atoms with E-state index in [1.165, 1.54) is 17.4 Å². The fourth-order valence-corrected chi connectivity index (χ4v) is 4.00. The van der Waals surface area contributed by atoms with Crippen molar-refractivity contribution >= 4 is 52.3 Å². The molecule has 1 aliphatic rings. The first-order valence-corrected chi connectivity index (χ1v) is 12.5. The number of thioether (sulfide) groups is 1. The summed E-state index contributed by atoms with van der Waals surface area (Å²) in [7, 11) is 0. The van der Waals surface area contributed by atoms with Crippen LogP contribution in [0, 0.1) is 0 Å². The summed E-state index contributed by atoms with van der Waals surface area (Å²) in [6, 6.07) is 13.4. The van der Waals surface area contributed by atoms with Gasteiger partial charge in [0.2, 0.25) is 0 Å². The van der Waals surface area contributed by atoms with Gasteiger partial charge in [-0.3, -0.25) is 4.79 Å². The highest BCUT2D eigenvalue weighted by molar-refractivity contribution is 7.98. The summed E-state index contributed by atoms with van der Waals surface area (Å²) in [6.07, 6.45) is 3.47. The second kappa shape index (κ2) is 11.9. The largest absolute Gasteiger partial charge is 0.378 e. The number of nitrogens with one attached hydrogen (secondary N) is 3. The van der Waals surface area contributed by atoms with Crippen LogP contribution in [0.1, 0.15) is 10.4 Å². The highest BCUT2D eigenvalue weighted by atomic mass is 35.5. The second-order valence-corrected chi connectivity index (χ2v) is 8.55. The number of anilines is 4. The number of amides is 1. The van der Waals surface area contributed by atoms with Gasteiger partial charge >= 0.3 is 0 Å². The lowest BCUT2D eigenvalue weighted by molar-refractivity contribution is 0.0955. The summed E-state index contributed by atoms with van der Waals surface area (Å²) in [5.74, 6) is 1.09. The van der Waals surface area contributed by atoms with Gasteiger partial charge in [-0.25, -0.2) is 15.0 Å². The molecule has 1 saturated heterocycles. The zero-order valence-corrected chi connectivity index (χ0v) is 20.3. The molecule has 0 saturated carbocycles. The SMILES string of the molecule is CSc1nc(NCCNC(=O)c2cccnc2Cl)cc(Nc2ccc(N3CCOCC3)cc2)n1. The minimum atomic E-state index is -0.268. The number of carbonyl (C=O) groups excluding carboxylic acids is 1. The minimum Gasteiger partial charge on any atom is -0.378 e. The Hall–Kier alpha value is -3.08. The Bertz CT molecular complexity index is 1110. The van der Waals surface area contributed by atoms with Gasteiger partial charge in [0, 0.05) is 49.8 Å². The van der Waals surface area contributed by atoms with E-state index in [1.54, 1.807) is 18.3 Å². The maximum atomic E-state index is 12.2. The van der Waals surface area contributed by atoms with Crippen molar-refractivity contribution in [2.45, 2.75) is 5.16 Å². The van der Waals surface area contributed by atoms with Gasteiger partial charge in [0.05, 0.1) is 18.8 Å². The van der Waals surface area contributed by atoms with E-state index in [9.17, 15) is 4.79 Å². The van der Waals surface area contributed by atoms with E-state index in [2.05, 4.69) is 47.9 Å². The van der Waals surface area contributed by atoms with Gasteiger partial charge in [-0.05, 0) is 42.7 Å². The van der Waals surface area contributed by atoms with Crippen LogP contribution in [0.2, 0.25) is 5.15 Å². The molecule has 3 heterocycles. The molecule has 0 spiro atoms. The van der Waals surface area contributed by atoms with Crippen molar-refractivity contribution in [1.29, 1.82) is 0 Å². The number of nitrogens with zero attached hydrogens (tertiary/aromatic N) is 4. The predicted octanol–water partition coefficient (Wildman–Crippen LogP) is 3.67. The topological polar surface area (TPSA) is 104 Å². The van der Waals surface area contributed by atoms with E-state index < -0.39 is 0 Å². The maximum Gasteiger partial charge on any atom is 0.254 e. The van der Waals surface area contributed by atoms with Crippen molar-refractivity contribution in [2.24, 2.45) is 0 Å². The van der Waals surface area contributed by atoms with Crippen LogP contribution in [0.3, 0.4) is 0 Å². The molecule has 3 N–H and O–H groups in total. The van der Waals surface area contributed by atoms with Gasteiger partial charge in [-0.15, -0.1) is 0 Å². The molecule has 1 aliphatic heterocycles. The summed E-state index contributed by atoms with van der Waals surface area (Å²) in [4.78, 5) is 27.5. The zero-order valence-electron chi connectivity index (χ0n) is 18.8. The molecular formula is C23H26ClN7O2S. The van der Waals surface area contributed by atoms with Crippen LogP contribution in [0.5, 0.6) is 0 Å². The summed E-state index contributed by atoms with van der Waals surface area (Å²) in [6.45, 7) is 4.21. The highest BCUT2D eigenvalue weighted by Gasteiger charge is 2.12. The van der Waals surface area contributed by atoms with Crippen molar-refractivity contribution in [1.82, 2.24) is 20.3 Å². The third kappa shape index (κ3) is 6.49. The van der Waals surface area contributed by atoms with Gasteiger partial charge in [0.25, 0.3) is 5.91 Å². The first-order valence-electron chi connectivity index (χ1n) is 10.9. The standard InChI is InChI=1S/C23H26ClN7O2S/c1-34-23-29-19(25-9-10-27-22(32)18-3-2-8-26-21(18)24)15-20(30-23)28-16-4-6-17(7-5-16)31-11-13-33-14-12-31/h2-8,15H,9-14H2,1H3,(H,27,32)(H2,25,28,29,30). The van der Waals surface area contributed by atoms with Crippen molar-refractivity contribution in [3.63, 3.8) is 0 Å². The number of carbonyl (C=O) groups is 1. The van der Waals surface area contributed by atoms with Crippen LogP contribution in [0.4, 0.5) is 23.0 Å². The van der Waals surface area contributed by atoms with Gasteiger partial charge in [-0.2, -0.15) is 0 Å². The molecule has 1 fully saturated rings. The number of hydrogen-bond donors (Lipinski definition) is 3. The third-order valence-electron chi connectivity index (χ3n) is 5.12. The molecule has 3 aromatic rings. The smallest absolute Gasteiger partial charge is 0.254 e. The van der Waals surface area contributed by atoms with E-state index in [0.717, 1.165) is 32.0 Å². The lowest BCUT2D eigenvalue weighted by Crippen LogP contribution is -2.36. The van der Waals surface area contributed by atoms with E-state index in [1.807, 2.05) is 24.5 Å². The summed E-state index contributed by atoms with van der Waals surface area (Å²) in [5, 5.41) is 10.2. The highest BCUT2D eigenvalue weighted by Crippen LogP contribution is 2.23. The van der Waals surface area contributed by atoms with Crippen LogP contribution >= 0.6 is 23.4 Å². The Morgan fingerprint density at radius 3 is 2.62 bits per heavy atom. The molecular weight excluding hydrogens is 474 g/mol. The molecule has 34 heavy (non-hydrogen) atoms. The fraction of sp³-hybridized carbons (Fsp3) is 0.304. The van der Waals surface area contributed by atoms with E-state index in [-0.39, 0.29) is 11.1 Å². The number of halogens is 1. The van der Waals surface area contributed by atoms with Crippen molar-refractivity contribution in [3.8, 4) is 0 Å². The van der Waals surface area contributed by atoms with Crippen LogP contribution in [-0.2, 0) is 4.74 Å². The molecule has 0 aliphatic carbocycles. The molecule has 1 amide bonds. The van der Waals surface area contributed by atoms with Crippen LogP contribution in [-0.4, -0.2) is 66.5 Å². The Morgan fingerprint density at radius 2 is 1.88 bits per heavy atom. The monoisotopic (exact) mass is 499 g/mol. The minimum absolute atomic E-state index is 0.182. The van der Waals surface area contributed by atoms with E-state index in [0.29, 0.717) is 35.4 Å². The summed E-state index contributed by atoms with van der Waals surface area (Å²) in [5.41, 5.74) is 2.47. The second-order valence-electron chi connectivity index (χ2n) is 7.42. The Balaban J connectivity index is 1.33. The molecule has 9 nitrogen and oxygen atoms in total. The van der Waals surface area contributed by atoms with Crippen LogP contribution in [0.25, 0.3) is 0 Å². The Kier molecular flexibility index (Phi) is 8.40. The molecule has 1 aromatic carbocycles. The number of pyridine rings is 1. The molecule has 0 bridgehead atoms. The fourth-order valence-electron chi connectivity index (χ4n) is 3.41. The lowest BCUT2D eigenvalue weighted by atomic mass is 10.2. The Labute approximate surface area is 207 Å². The predicted molar refractivity (Wildman–Crippen MR) is 137 cm³/mol. The number of ether oxygens (including phenoxy) is 1. The van der Waals surface area contributed by atoms with E-state index in [4.69, 9.17) is 16.3 Å². The lowest BCUT2D eigenvalue weighted by Gasteiger charge is -2.28. The van der Waals surface area contributed by atoms with E-state index >= 15 is 0 Å². The molecule has 4 rings (SSSR count). The zero-order chi connectivity index (χ0) is 23.8. The van der Waals surface area contributed by atoms with Crippen molar-refractivity contribution < 1.29 is 9.53 Å². The maximum absolute atomic E-state index is 12.2. The van der Waals surface area contributed by atoms with Crippen LogP contribution < -0.4 is 20.9 Å². The number of hydrogen-bond acceptors (Lipinski definition) is 9. The number of benzene rings is 1. The number of aromatic nitrogens is 3. The molecule has 0 atom stereocenters. The summed E-state index contributed by atoms with van der Waals surface area (Å²) < 4.78 is 5.42. The molecule has 0 radical (unpaired) electrons. The van der Waals surface area contributed by atoms with Crippen LogP contribution in [0.15, 0.2) is 53.8 Å². The van der Waals surface area contributed by atoms with Crippen molar-refractivity contribution in [3.05, 3.63) is 59.4 Å². The van der Waals surface area contributed by atoms with Gasteiger partial charge in [0.1, 0.15) is 16.8 Å². The first-order chi connectivity index (χ1) is 16.6. The summed E-state index contributed by atoms with van der Waals surface area (Å²) >= 11 is 7.43. The average Bonchev–Trinajstić information content (AvgIpc) is 2.87. The van der Waals surface area contributed by atoms with Gasteiger partial charge in [-0.1, -0.05) is 23.4 Å². The molecule has 11 heteroatoms.